The third-order valence-electron chi connectivity index (χ3n) is 4.55. The van der Waals surface area contributed by atoms with Crippen molar-refractivity contribution < 1.29 is 4.74 Å². The van der Waals surface area contributed by atoms with E-state index < -0.39 is 0 Å². The van der Waals surface area contributed by atoms with E-state index in [1.54, 1.807) is 7.11 Å². The Kier molecular flexibility index (Phi) is 5.35. The van der Waals surface area contributed by atoms with Crippen molar-refractivity contribution in [3.05, 3.63) is 59.7 Å². The molecule has 1 atom stereocenters. The van der Waals surface area contributed by atoms with E-state index in [9.17, 15) is 0 Å². The molecule has 2 aromatic carbocycles. The zero-order valence-corrected chi connectivity index (χ0v) is 14.0. The van der Waals surface area contributed by atoms with Crippen LogP contribution >= 0.6 is 0 Å². The lowest BCUT2D eigenvalue weighted by molar-refractivity contribution is 0.415. The van der Waals surface area contributed by atoms with Crippen LogP contribution in [0.5, 0.6) is 5.75 Å². The Bertz CT molecular complexity index is 706. The Labute approximate surface area is 143 Å². The number of anilines is 1. The van der Waals surface area contributed by atoms with Crippen LogP contribution in [-0.4, -0.2) is 26.7 Å². The number of benzene rings is 2. The average molecular weight is 321 g/mol. The molecule has 3 rings (SSSR count). The van der Waals surface area contributed by atoms with Gasteiger partial charge < -0.3 is 15.0 Å². The SMILES string of the molecule is COc1cccc(N2CC[C@@H](CNCc3ccc(C#N)cc3)C2)c1. The first-order chi connectivity index (χ1) is 11.8. The van der Waals surface area contributed by atoms with Gasteiger partial charge in [-0.2, -0.15) is 5.26 Å². The standard InChI is InChI=1S/C20H23N3O/c1-24-20-4-2-3-19(11-20)23-10-9-18(15-23)14-22-13-17-7-5-16(12-21)6-8-17/h2-8,11,18,22H,9-10,13-15H2,1H3/t18-/m0/s1. The van der Waals surface area contributed by atoms with E-state index in [0.29, 0.717) is 11.5 Å². The summed E-state index contributed by atoms with van der Waals surface area (Å²) in [7, 11) is 1.71. The van der Waals surface area contributed by atoms with Gasteiger partial charge in [-0.15, -0.1) is 0 Å². The third kappa shape index (κ3) is 4.06. The van der Waals surface area contributed by atoms with Crippen LogP contribution in [0.1, 0.15) is 17.5 Å². The number of nitrogens with zero attached hydrogens (tertiary/aromatic N) is 2. The molecule has 4 nitrogen and oxygen atoms in total. The number of methoxy groups -OCH3 is 1. The van der Waals surface area contributed by atoms with Crippen LogP contribution in [0.15, 0.2) is 48.5 Å². The maximum Gasteiger partial charge on any atom is 0.120 e. The fraction of sp³-hybridized carbons (Fsp3) is 0.350. The van der Waals surface area contributed by atoms with Crippen molar-refractivity contribution in [1.82, 2.24) is 5.32 Å². The largest absolute Gasteiger partial charge is 0.497 e. The lowest BCUT2D eigenvalue weighted by atomic mass is 10.1. The van der Waals surface area contributed by atoms with Crippen LogP contribution in [-0.2, 0) is 6.54 Å². The van der Waals surface area contributed by atoms with E-state index in [4.69, 9.17) is 10.00 Å². The van der Waals surface area contributed by atoms with E-state index in [1.807, 2.05) is 36.4 Å². The fourth-order valence-electron chi connectivity index (χ4n) is 3.16. The molecule has 1 fully saturated rings. The molecule has 1 heterocycles. The van der Waals surface area contributed by atoms with Crippen LogP contribution < -0.4 is 15.0 Å². The highest BCUT2D eigenvalue weighted by Gasteiger charge is 2.22. The summed E-state index contributed by atoms with van der Waals surface area (Å²) in [5.41, 5.74) is 3.17. The highest BCUT2D eigenvalue weighted by atomic mass is 16.5. The summed E-state index contributed by atoms with van der Waals surface area (Å²) in [5.74, 6) is 1.57. The van der Waals surface area contributed by atoms with Gasteiger partial charge >= 0.3 is 0 Å². The smallest absolute Gasteiger partial charge is 0.120 e. The summed E-state index contributed by atoms with van der Waals surface area (Å²) in [6.07, 6.45) is 1.21. The molecule has 0 unspecified atom stereocenters. The molecule has 1 aliphatic heterocycles. The van der Waals surface area contributed by atoms with E-state index in [1.165, 1.54) is 17.7 Å². The summed E-state index contributed by atoms with van der Waals surface area (Å²) < 4.78 is 5.31. The first-order valence-corrected chi connectivity index (χ1v) is 8.37. The fourth-order valence-corrected chi connectivity index (χ4v) is 3.16. The minimum absolute atomic E-state index is 0.662. The second kappa shape index (κ2) is 7.85. The van der Waals surface area contributed by atoms with Gasteiger partial charge in [-0.3, -0.25) is 0 Å². The molecule has 1 saturated heterocycles. The molecule has 0 aliphatic carbocycles. The zero-order chi connectivity index (χ0) is 16.8. The molecule has 0 bridgehead atoms. The zero-order valence-electron chi connectivity index (χ0n) is 14.0. The molecule has 0 radical (unpaired) electrons. The predicted octanol–water partition coefficient (Wildman–Crippen LogP) is 3.18. The molecule has 124 valence electrons. The van der Waals surface area contributed by atoms with Gasteiger partial charge in [0, 0.05) is 37.9 Å². The summed E-state index contributed by atoms with van der Waals surface area (Å²) >= 11 is 0. The molecule has 24 heavy (non-hydrogen) atoms. The normalized spacial score (nSPS) is 16.8. The van der Waals surface area contributed by atoms with Crippen molar-refractivity contribution in [2.24, 2.45) is 5.92 Å². The highest BCUT2D eigenvalue weighted by molar-refractivity contribution is 5.51. The minimum Gasteiger partial charge on any atom is -0.497 e. The number of rotatable bonds is 6. The van der Waals surface area contributed by atoms with Crippen molar-refractivity contribution in [3.63, 3.8) is 0 Å². The van der Waals surface area contributed by atoms with Gasteiger partial charge in [0.05, 0.1) is 18.7 Å². The van der Waals surface area contributed by atoms with Crippen LogP contribution in [0.2, 0.25) is 0 Å². The first kappa shape index (κ1) is 16.4. The topological polar surface area (TPSA) is 48.3 Å². The van der Waals surface area contributed by atoms with Crippen LogP contribution in [0.25, 0.3) is 0 Å². The van der Waals surface area contributed by atoms with E-state index in [2.05, 4.69) is 28.4 Å². The lowest BCUT2D eigenvalue weighted by Crippen LogP contribution is -2.26. The molecule has 2 aromatic rings. The van der Waals surface area contributed by atoms with Gasteiger partial charge in [-0.25, -0.2) is 0 Å². The van der Waals surface area contributed by atoms with Crippen molar-refractivity contribution in [2.45, 2.75) is 13.0 Å². The molecule has 0 spiro atoms. The van der Waals surface area contributed by atoms with Gasteiger partial charge in [0.25, 0.3) is 0 Å². The molecule has 1 aliphatic rings. The highest BCUT2D eigenvalue weighted by Crippen LogP contribution is 2.26. The maximum absolute atomic E-state index is 8.82. The Morgan fingerprint density at radius 2 is 2.08 bits per heavy atom. The number of hydrogen-bond acceptors (Lipinski definition) is 4. The van der Waals surface area contributed by atoms with Crippen LogP contribution in [0.4, 0.5) is 5.69 Å². The van der Waals surface area contributed by atoms with Crippen molar-refractivity contribution in [2.75, 3.05) is 31.6 Å². The average Bonchev–Trinajstić information content (AvgIpc) is 3.11. The maximum atomic E-state index is 8.82. The molecular formula is C20H23N3O. The van der Waals surface area contributed by atoms with Crippen molar-refractivity contribution in [3.8, 4) is 11.8 Å². The monoisotopic (exact) mass is 321 g/mol. The van der Waals surface area contributed by atoms with Crippen molar-refractivity contribution in [1.29, 1.82) is 5.26 Å². The van der Waals surface area contributed by atoms with E-state index >= 15 is 0 Å². The second-order valence-electron chi connectivity index (χ2n) is 6.24. The molecule has 0 saturated carbocycles. The Morgan fingerprint density at radius 3 is 2.83 bits per heavy atom. The number of ether oxygens (including phenoxy) is 1. The molecule has 1 N–H and O–H groups in total. The minimum atomic E-state index is 0.662. The number of nitriles is 1. The quantitative estimate of drug-likeness (QED) is 0.888. The lowest BCUT2D eigenvalue weighted by Gasteiger charge is -2.19. The van der Waals surface area contributed by atoms with Crippen LogP contribution in [0, 0.1) is 17.2 Å². The van der Waals surface area contributed by atoms with Gasteiger partial charge in [0.2, 0.25) is 0 Å². The van der Waals surface area contributed by atoms with Gasteiger partial charge in [-0.05, 0) is 42.2 Å². The predicted molar refractivity (Wildman–Crippen MR) is 96.2 cm³/mol. The number of nitrogens with one attached hydrogen (secondary N) is 1. The molecular weight excluding hydrogens is 298 g/mol. The van der Waals surface area contributed by atoms with E-state index in [-0.39, 0.29) is 0 Å². The Balaban J connectivity index is 1.46. The Morgan fingerprint density at radius 1 is 1.25 bits per heavy atom. The first-order valence-electron chi connectivity index (χ1n) is 8.37. The third-order valence-corrected chi connectivity index (χ3v) is 4.55. The summed E-state index contributed by atoms with van der Waals surface area (Å²) in [5, 5.41) is 12.4. The van der Waals surface area contributed by atoms with Gasteiger partial charge in [0.1, 0.15) is 5.75 Å². The molecule has 0 aromatic heterocycles. The summed E-state index contributed by atoms with van der Waals surface area (Å²) in [6.45, 7) is 4.03. The van der Waals surface area contributed by atoms with Crippen molar-refractivity contribution >= 4 is 5.69 Å². The molecule has 4 heteroatoms. The van der Waals surface area contributed by atoms with Gasteiger partial charge in [-0.1, -0.05) is 18.2 Å². The van der Waals surface area contributed by atoms with E-state index in [0.717, 1.165) is 31.9 Å². The summed E-state index contributed by atoms with van der Waals surface area (Å²) in [4.78, 5) is 2.43. The Hall–Kier alpha value is -2.51. The van der Waals surface area contributed by atoms with Crippen LogP contribution in [0.3, 0.4) is 0 Å². The second-order valence-corrected chi connectivity index (χ2v) is 6.24. The number of hydrogen-bond donors (Lipinski definition) is 1. The van der Waals surface area contributed by atoms with Gasteiger partial charge in [0.15, 0.2) is 0 Å². The summed E-state index contributed by atoms with van der Waals surface area (Å²) in [6, 6.07) is 18.2. The molecule has 0 amide bonds.